The lowest BCUT2D eigenvalue weighted by Crippen LogP contribution is -2.40. The first-order chi connectivity index (χ1) is 8.50. The SMILES string of the molecule is O=C(O)[C@@H]1CCCN1C(=O)c1cc(F)ccc1F. The minimum Gasteiger partial charge on any atom is -0.480 e. The summed E-state index contributed by atoms with van der Waals surface area (Å²) in [6, 6.07) is 1.59. The predicted octanol–water partition coefficient (Wildman–Crippen LogP) is 1.65. The Labute approximate surface area is 102 Å². The molecule has 1 aromatic carbocycles. The summed E-state index contributed by atoms with van der Waals surface area (Å²) in [5.41, 5.74) is -0.428. The molecule has 0 unspecified atom stereocenters. The van der Waals surface area contributed by atoms with Gasteiger partial charge in [0.1, 0.15) is 17.7 Å². The zero-order valence-corrected chi connectivity index (χ0v) is 9.40. The van der Waals surface area contributed by atoms with Gasteiger partial charge in [0.05, 0.1) is 5.56 Å². The van der Waals surface area contributed by atoms with Crippen LogP contribution in [0.15, 0.2) is 18.2 Å². The zero-order chi connectivity index (χ0) is 13.3. The van der Waals surface area contributed by atoms with Gasteiger partial charge in [-0.05, 0) is 31.0 Å². The Bertz CT molecular complexity index is 504. The first kappa shape index (κ1) is 12.5. The highest BCUT2D eigenvalue weighted by atomic mass is 19.1. The van der Waals surface area contributed by atoms with Gasteiger partial charge >= 0.3 is 5.97 Å². The van der Waals surface area contributed by atoms with Crippen LogP contribution >= 0.6 is 0 Å². The Morgan fingerprint density at radius 1 is 1.33 bits per heavy atom. The second-order valence-electron chi connectivity index (χ2n) is 4.12. The molecule has 4 nitrogen and oxygen atoms in total. The third-order valence-corrected chi connectivity index (χ3v) is 2.96. The third kappa shape index (κ3) is 2.18. The van der Waals surface area contributed by atoms with Crippen LogP contribution in [0.5, 0.6) is 0 Å². The average Bonchev–Trinajstić information content (AvgIpc) is 2.80. The van der Waals surface area contributed by atoms with Gasteiger partial charge in [0, 0.05) is 6.54 Å². The zero-order valence-electron chi connectivity index (χ0n) is 9.40. The first-order valence-corrected chi connectivity index (χ1v) is 5.49. The van der Waals surface area contributed by atoms with Crippen LogP contribution in [-0.4, -0.2) is 34.5 Å². The summed E-state index contributed by atoms with van der Waals surface area (Å²) < 4.78 is 26.4. The number of nitrogens with zero attached hydrogens (tertiary/aromatic N) is 1. The highest BCUT2D eigenvalue weighted by Crippen LogP contribution is 2.22. The van der Waals surface area contributed by atoms with E-state index in [9.17, 15) is 18.4 Å². The number of hydrogen-bond acceptors (Lipinski definition) is 2. The van der Waals surface area contributed by atoms with Gasteiger partial charge in [0.15, 0.2) is 0 Å². The normalized spacial score (nSPS) is 19.0. The number of aliphatic carboxylic acids is 1. The van der Waals surface area contributed by atoms with Gasteiger partial charge in [-0.2, -0.15) is 0 Å². The number of benzene rings is 1. The van der Waals surface area contributed by atoms with Crippen molar-refractivity contribution in [2.24, 2.45) is 0 Å². The number of amides is 1. The minimum atomic E-state index is -1.13. The molecule has 1 aliphatic rings. The summed E-state index contributed by atoms with van der Waals surface area (Å²) in [5.74, 6) is -3.49. The fourth-order valence-electron chi connectivity index (χ4n) is 2.08. The molecule has 6 heteroatoms. The number of likely N-dealkylation sites (tertiary alicyclic amines) is 1. The molecule has 1 amide bonds. The lowest BCUT2D eigenvalue weighted by molar-refractivity contribution is -0.141. The second-order valence-corrected chi connectivity index (χ2v) is 4.12. The van der Waals surface area contributed by atoms with E-state index in [1.54, 1.807) is 0 Å². The van der Waals surface area contributed by atoms with Crippen LogP contribution in [0.3, 0.4) is 0 Å². The van der Waals surface area contributed by atoms with Crippen LogP contribution < -0.4 is 0 Å². The number of carboxylic acids is 1. The first-order valence-electron chi connectivity index (χ1n) is 5.49. The molecule has 0 aromatic heterocycles. The molecule has 1 saturated heterocycles. The number of hydrogen-bond donors (Lipinski definition) is 1. The molecular formula is C12H11F2NO3. The van der Waals surface area contributed by atoms with Gasteiger partial charge in [-0.3, -0.25) is 4.79 Å². The number of rotatable bonds is 2. The van der Waals surface area contributed by atoms with E-state index >= 15 is 0 Å². The summed E-state index contributed by atoms with van der Waals surface area (Å²) >= 11 is 0. The summed E-state index contributed by atoms with van der Waals surface area (Å²) in [4.78, 5) is 24.0. The van der Waals surface area contributed by atoms with E-state index in [1.165, 1.54) is 0 Å². The highest BCUT2D eigenvalue weighted by Gasteiger charge is 2.35. The number of carbonyl (C=O) groups is 2. The van der Waals surface area contributed by atoms with Gasteiger partial charge in [-0.15, -0.1) is 0 Å². The van der Waals surface area contributed by atoms with Crippen LogP contribution in [0.25, 0.3) is 0 Å². The van der Waals surface area contributed by atoms with E-state index in [1.807, 2.05) is 0 Å². The monoisotopic (exact) mass is 255 g/mol. The van der Waals surface area contributed by atoms with Crippen molar-refractivity contribution in [1.82, 2.24) is 4.90 Å². The Hall–Kier alpha value is -1.98. The van der Waals surface area contributed by atoms with Crippen molar-refractivity contribution in [2.75, 3.05) is 6.54 Å². The van der Waals surface area contributed by atoms with Crippen molar-refractivity contribution >= 4 is 11.9 Å². The maximum absolute atomic E-state index is 13.4. The molecule has 2 rings (SSSR count). The Kier molecular flexibility index (Phi) is 3.27. The molecule has 1 aromatic rings. The van der Waals surface area contributed by atoms with E-state index in [-0.39, 0.29) is 6.54 Å². The van der Waals surface area contributed by atoms with Gasteiger partial charge in [0.2, 0.25) is 0 Å². The number of carboxylic acid groups (broad SMARTS) is 1. The summed E-state index contributed by atoms with van der Waals surface area (Å²) in [5, 5.41) is 8.94. The molecule has 1 fully saturated rings. The molecule has 1 heterocycles. The van der Waals surface area contributed by atoms with Gasteiger partial charge in [-0.25, -0.2) is 13.6 Å². The van der Waals surface area contributed by atoms with Crippen molar-refractivity contribution in [1.29, 1.82) is 0 Å². The molecule has 18 heavy (non-hydrogen) atoms. The van der Waals surface area contributed by atoms with Crippen molar-refractivity contribution in [3.63, 3.8) is 0 Å². The van der Waals surface area contributed by atoms with Crippen LogP contribution in [0.4, 0.5) is 8.78 Å². The standard InChI is InChI=1S/C12H11F2NO3/c13-7-3-4-9(14)8(6-7)11(16)15-5-1-2-10(15)12(17)18/h3-4,6,10H,1-2,5H2,(H,17,18)/t10-/m0/s1. The Morgan fingerprint density at radius 2 is 2.06 bits per heavy atom. The van der Waals surface area contributed by atoms with Crippen molar-refractivity contribution in [3.8, 4) is 0 Å². The molecular weight excluding hydrogens is 244 g/mol. The molecule has 0 saturated carbocycles. The minimum absolute atomic E-state index is 0.242. The Morgan fingerprint density at radius 3 is 2.72 bits per heavy atom. The van der Waals surface area contributed by atoms with E-state index in [0.717, 1.165) is 23.1 Å². The summed E-state index contributed by atoms with van der Waals surface area (Å²) in [6.45, 7) is 0.242. The van der Waals surface area contributed by atoms with Crippen LogP contribution in [0.2, 0.25) is 0 Å². The summed E-state index contributed by atoms with van der Waals surface area (Å²) in [6.07, 6.45) is 0.873. The van der Waals surface area contributed by atoms with Crippen molar-refractivity contribution in [3.05, 3.63) is 35.4 Å². The lowest BCUT2D eigenvalue weighted by atomic mass is 10.1. The molecule has 0 radical (unpaired) electrons. The topological polar surface area (TPSA) is 57.6 Å². The molecule has 1 aliphatic heterocycles. The maximum Gasteiger partial charge on any atom is 0.326 e. The van der Waals surface area contributed by atoms with Crippen LogP contribution in [-0.2, 0) is 4.79 Å². The molecule has 1 atom stereocenters. The maximum atomic E-state index is 13.4. The largest absolute Gasteiger partial charge is 0.480 e. The fourth-order valence-corrected chi connectivity index (χ4v) is 2.08. The number of halogens is 2. The van der Waals surface area contributed by atoms with Crippen LogP contribution in [0.1, 0.15) is 23.2 Å². The second kappa shape index (κ2) is 4.72. The van der Waals surface area contributed by atoms with Gasteiger partial charge in [-0.1, -0.05) is 0 Å². The molecule has 0 bridgehead atoms. The third-order valence-electron chi connectivity index (χ3n) is 2.96. The molecule has 0 aliphatic carbocycles. The van der Waals surface area contributed by atoms with E-state index < -0.39 is 35.1 Å². The molecule has 1 N–H and O–H groups in total. The van der Waals surface area contributed by atoms with Gasteiger partial charge < -0.3 is 10.0 Å². The quantitative estimate of drug-likeness (QED) is 0.874. The lowest BCUT2D eigenvalue weighted by Gasteiger charge is -2.21. The summed E-state index contributed by atoms with van der Waals surface area (Å²) in [7, 11) is 0. The smallest absolute Gasteiger partial charge is 0.326 e. The van der Waals surface area contributed by atoms with E-state index in [0.29, 0.717) is 12.8 Å². The fraction of sp³-hybridized carbons (Fsp3) is 0.333. The average molecular weight is 255 g/mol. The van der Waals surface area contributed by atoms with E-state index in [4.69, 9.17) is 5.11 Å². The Balaban J connectivity index is 2.31. The van der Waals surface area contributed by atoms with Crippen molar-refractivity contribution in [2.45, 2.75) is 18.9 Å². The highest BCUT2D eigenvalue weighted by molar-refractivity contribution is 5.97. The van der Waals surface area contributed by atoms with Gasteiger partial charge in [0.25, 0.3) is 5.91 Å². The van der Waals surface area contributed by atoms with Crippen LogP contribution in [0, 0.1) is 11.6 Å². The molecule has 0 spiro atoms. The predicted molar refractivity (Wildman–Crippen MR) is 58.1 cm³/mol. The molecule has 96 valence electrons. The number of carbonyl (C=O) groups excluding carboxylic acids is 1. The van der Waals surface area contributed by atoms with Crippen molar-refractivity contribution < 1.29 is 23.5 Å². The van der Waals surface area contributed by atoms with E-state index in [2.05, 4.69) is 0 Å².